The lowest BCUT2D eigenvalue weighted by molar-refractivity contribution is -0.151. The summed E-state index contributed by atoms with van der Waals surface area (Å²) >= 11 is 0. The van der Waals surface area contributed by atoms with E-state index < -0.39 is 36.2 Å². The summed E-state index contributed by atoms with van der Waals surface area (Å²) in [5, 5.41) is 5.64. The highest BCUT2D eigenvalue weighted by Gasteiger charge is 2.36. The number of fused-ring (bicyclic) bond motifs is 1. The summed E-state index contributed by atoms with van der Waals surface area (Å²) < 4.78 is 15.5. The van der Waals surface area contributed by atoms with Crippen LogP contribution in [0.4, 0.5) is 5.69 Å². The van der Waals surface area contributed by atoms with Gasteiger partial charge in [-0.3, -0.25) is 29.6 Å². The topological polar surface area (TPSA) is 123 Å². The number of hydrazine groups is 1. The molecule has 0 spiro atoms. The predicted octanol–water partition coefficient (Wildman–Crippen LogP) is 2.53. The lowest BCUT2D eigenvalue weighted by atomic mass is 10.1. The molecule has 0 aliphatic carbocycles. The molecular weight excluding hydrogens is 466 g/mol. The lowest BCUT2D eigenvalue weighted by Crippen LogP contribution is -2.43. The van der Waals surface area contributed by atoms with E-state index in [4.69, 9.17) is 14.2 Å². The largest absolute Gasteiger partial charge is 0.493 e. The molecule has 1 aliphatic heterocycles. The SMILES string of the molecule is COc1ccc(C(=O)NN2C[C@H](C(=O)OCC(=O)Nc3cccc4ccccc34)CC2=O)cc1OC. The van der Waals surface area contributed by atoms with E-state index in [0.717, 1.165) is 15.8 Å². The third kappa shape index (κ3) is 5.38. The van der Waals surface area contributed by atoms with Gasteiger partial charge in [0.15, 0.2) is 18.1 Å². The van der Waals surface area contributed by atoms with Crippen LogP contribution >= 0.6 is 0 Å². The third-order valence-electron chi connectivity index (χ3n) is 5.75. The van der Waals surface area contributed by atoms with Crippen LogP contribution in [-0.2, 0) is 19.1 Å². The molecule has 36 heavy (non-hydrogen) atoms. The van der Waals surface area contributed by atoms with Gasteiger partial charge in [0.2, 0.25) is 5.91 Å². The maximum atomic E-state index is 12.6. The Morgan fingerprint density at radius 2 is 1.72 bits per heavy atom. The smallest absolute Gasteiger partial charge is 0.311 e. The van der Waals surface area contributed by atoms with Crippen LogP contribution in [-0.4, -0.2) is 56.1 Å². The maximum Gasteiger partial charge on any atom is 0.311 e. The highest BCUT2D eigenvalue weighted by Crippen LogP contribution is 2.28. The second-order valence-corrected chi connectivity index (χ2v) is 8.10. The zero-order chi connectivity index (χ0) is 25.7. The van der Waals surface area contributed by atoms with Crippen LogP contribution in [0.1, 0.15) is 16.8 Å². The number of benzene rings is 3. The Kier molecular flexibility index (Phi) is 7.33. The molecule has 1 fully saturated rings. The molecule has 1 aliphatic rings. The van der Waals surface area contributed by atoms with Crippen molar-refractivity contribution in [1.82, 2.24) is 10.4 Å². The molecular formula is C26H25N3O7. The van der Waals surface area contributed by atoms with Crippen molar-refractivity contribution in [2.75, 3.05) is 32.7 Å². The second kappa shape index (κ2) is 10.8. The average molecular weight is 492 g/mol. The summed E-state index contributed by atoms with van der Waals surface area (Å²) in [5.74, 6) is -2.17. The summed E-state index contributed by atoms with van der Waals surface area (Å²) in [6, 6.07) is 17.7. The number of carbonyl (C=O) groups excluding carboxylic acids is 4. The minimum absolute atomic E-state index is 0.0678. The minimum Gasteiger partial charge on any atom is -0.493 e. The Balaban J connectivity index is 1.30. The van der Waals surface area contributed by atoms with E-state index in [0.29, 0.717) is 17.2 Å². The maximum absolute atomic E-state index is 12.6. The highest BCUT2D eigenvalue weighted by molar-refractivity contribution is 6.03. The van der Waals surface area contributed by atoms with Crippen molar-refractivity contribution in [2.45, 2.75) is 6.42 Å². The number of hydrogen-bond donors (Lipinski definition) is 2. The highest BCUT2D eigenvalue weighted by atomic mass is 16.5. The number of carbonyl (C=O) groups is 4. The van der Waals surface area contributed by atoms with Crippen molar-refractivity contribution in [3.05, 3.63) is 66.2 Å². The fourth-order valence-electron chi connectivity index (χ4n) is 3.91. The van der Waals surface area contributed by atoms with Gasteiger partial charge in [-0.05, 0) is 29.7 Å². The molecule has 3 aromatic carbocycles. The molecule has 3 amide bonds. The molecule has 1 heterocycles. The van der Waals surface area contributed by atoms with Gasteiger partial charge >= 0.3 is 5.97 Å². The van der Waals surface area contributed by atoms with Gasteiger partial charge < -0.3 is 19.5 Å². The summed E-state index contributed by atoms with van der Waals surface area (Å²) in [6.07, 6.45) is -0.143. The van der Waals surface area contributed by atoms with E-state index in [1.54, 1.807) is 12.1 Å². The van der Waals surface area contributed by atoms with Crippen molar-refractivity contribution >= 4 is 40.2 Å². The standard InChI is InChI=1S/C26H25N3O7/c1-34-21-11-10-17(12-22(21)35-2)25(32)28-29-14-18(13-24(29)31)26(33)36-15-23(30)27-20-9-5-7-16-6-3-4-8-19(16)20/h3-12,18H,13-15H2,1-2H3,(H,27,30)(H,28,32)/t18-/m1/s1. The van der Waals surface area contributed by atoms with Gasteiger partial charge in [0, 0.05) is 23.1 Å². The summed E-state index contributed by atoms with van der Waals surface area (Å²) in [5.41, 5.74) is 3.35. The van der Waals surface area contributed by atoms with E-state index in [1.165, 1.54) is 26.4 Å². The molecule has 3 aromatic rings. The fourth-order valence-corrected chi connectivity index (χ4v) is 3.91. The number of anilines is 1. The number of rotatable bonds is 8. The van der Waals surface area contributed by atoms with Crippen LogP contribution in [0.5, 0.6) is 11.5 Å². The van der Waals surface area contributed by atoms with Gasteiger partial charge in [0.25, 0.3) is 11.8 Å². The molecule has 1 atom stereocenters. The van der Waals surface area contributed by atoms with Crippen molar-refractivity contribution in [1.29, 1.82) is 0 Å². The first kappa shape index (κ1) is 24.5. The fraction of sp³-hybridized carbons (Fsp3) is 0.231. The van der Waals surface area contributed by atoms with E-state index in [9.17, 15) is 19.2 Å². The van der Waals surface area contributed by atoms with Crippen LogP contribution in [0.25, 0.3) is 10.8 Å². The number of esters is 1. The van der Waals surface area contributed by atoms with Crippen molar-refractivity contribution in [2.24, 2.45) is 5.92 Å². The van der Waals surface area contributed by atoms with E-state index in [2.05, 4.69) is 10.7 Å². The summed E-state index contributed by atoms with van der Waals surface area (Å²) in [7, 11) is 2.93. The lowest BCUT2D eigenvalue weighted by Gasteiger charge is -2.18. The number of nitrogens with one attached hydrogen (secondary N) is 2. The Morgan fingerprint density at radius 1 is 0.972 bits per heavy atom. The first-order chi connectivity index (χ1) is 17.4. The number of ether oxygens (including phenoxy) is 3. The van der Waals surface area contributed by atoms with Gasteiger partial charge in [-0.2, -0.15) is 0 Å². The van der Waals surface area contributed by atoms with Gasteiger partial charge in [-0.25, -0.2) is 0 Å². The molecule has 0 aromatic heterocycles. The molecule has 1 saturated heterocycles. The van der Waals surface area contributed by atoms with E-state index in [1.807, 2.05) is 36.4 Å². The predicted molar refractivity (Wildman–Crippen MR) is 130 cm³/mol. The minimum atomic E-state index is -0.812. The van der Waals surface area contributed by atoms with E-state index in [-0.39, 0.29) is 18.5 Å². The van der Waals surface area contributed by atoms with Gasteiger partial charge in [-0.15, -0.1) is 0 Å². The molecule has 0 unspecified atom stereocenters. The van der Waals surface area contributed by atoms with Gasteiger partial charge in [-0.1, -0.05) is 36.4 Å². The Hall–Kier alpha value is -4.60. The molecule has 4 rings (SSSR count). The Labute approximate surface area is 207 Å². The zero-order valence-electron chi connectivity index (χ0n) is 19.8. The van der Waals surface area contributed by atoms with Crippen LogP contribution in [0.15, 0.2) is 60.7 Å². The van der Waals surface area contributed by atoms with Crippen LogP contribution in [0.3, 0.4) is 0 Å². The Bertz CT molecular complexity index is 1320. The molecule has 0 saturated carbocycles. The van der Waals surface area contributed by atoms with Crippen molar-refractivity contribution in [3.8, 4) is 11.5 Å². The quantitative estimate of drug-likeness (QED) is 0.464. The Morgan fingerprint density at radius 3 is 2.50 bits per heavy atom. The van der Waals surface area contributed by atoms with Crippen LogP contribution < -0.4 is 20.2 Å². The molecule has 186 valence electrons. The van der Waals surface area contributed by atoms with Gasteiger partial charge in [0.05, 0.1) is 26.7 Å². The molecule has 0 bridgehead atoms. The third-order valence-corrected chi connectivity index (χ3v) is 5.75. The average Bonchev–Trinajstić information content (AvgIpc) is 3.26. The first-order valence-corrected chi connectivity index (χ1v) is 11.2. The summed E-state index contributed by atoms with van der Waals surface area (Å²) in [6.45, 7) is -0.563. The van der Waals surface area contributed by atoms with Crippen LogP contribution in [0, 0.1) is 5.92 Å². The monoisotopic (exact) mass is 491 g/mol. The van der Waals surface area contributed by atoms with E-state index >= 15 is 0 Å². The van der Waals surface area contributed by atoms with Gasteiger partial charge in [0.1, 0.15) is 0 Å². The molecule has 10 nitrogen and oxygen atoms in total. The molecule has 0 radical (unpaired) electrons. The number of hydrogen-bond acceptors (Lipinski definition) is 7. The normalized spacial score (nSPS) is 14.9. The number of nitrogens with zero attached hydrogens (tertiary/aromatic N) is 1. The zero-order valence-corrected chi connectivity index (χ0v) is 19.8. The first-order valence-electron chi connectivity index (χ1n) is 11.2. The van der Waals surface area contributed by atoms with Crippen LogP contribution in [0.2, 0.25) is 0 Å². The molecule has 2 N–H and O–H groups in total. The van der Waals surface area contributed by atoms with Crippen molar-refractivity contribution < 1.29 is 33.4 Å². The summed E-state index contributed by atoms with van der Waals surface area (Å²) in [4.78, 5) is 49.8. The molecule has 10 heteroatoms. The number of amides is 3. The van der Waals surface area contributed by atoms with Crippen molar-refractivity contribution in [3.63, 3.8) is 0 Å². The number of methoxy groups -OCH3 is 2. The second-order valence-electron chi connectivity index (χ2n) is 8.10.